The summed E-state index contributed by atoms with van der Waals surface area (Å²) >= 11 is 0. The first-order valence-electron chi connectivity index (χ1n) is 8.62. The van der Waals surface area contributed by atoms with E-state index in [1.807, 2.05) is 31.2 Å². The minimum absolute atomic E-state index is 0.0362. The van der Waals surface area contributed by atoms with Crippen LogP contribution in [0, 0.1) is 23.7 Å². The van der Waals surface area contributed by atoms with E-state index in [0.717, 1.165) is 12.2 Å². The number of allylic oxidation sites excluding steroid dienone is 1. The highest BCUT2D eigenvalue weighted by molar-refractivity contribution is 5.72. The zero-order valence-corrected chi connectivity index (χ0v) is 14.4. The van der Waals surface area contributed by atoms with E-state index in [2.05, 4.69) is 26.8 Å². The molecule has 1 fully saturated rings. The Morgan fingerprint density at radius 2 is 2.04 bits per heavy atom. The van der Waals surface area contributed by atoms with Crippen LogP contribution in [0.25, 0.3) is 0 Å². The fourth-order valence-electron chi connectivity index (χ4n) is 4.23. The van der Waals surface area contributed by atoms with Crippen LogP contribution in [0.5, 0.6) is 5.75 Å². The summed E-state index contributed by atoms with van der Waals surface area (Å²) in [6, 6.07) is 7.79. The molecule has 0 spiro atoms. The molecule has 0 saturated carbocycles. The van der Waals surface area contributed by atoms with Crippen molar-refractivity contribution in [3.8, 4) is 5.75 Å². The Labute approximate surface area is 138 Å². The number of benzene rings is 1. The molecule has 1 aromatic rings. The van der Waals surface area contributed by atoms with Gasteiger partial charge >= 0.3 is 5.97 Å². The maximum absolute atomic E-state index is 11.7. The first-order valence-corrected chi connectivity index (χ1v) is 8.62. The summed E-state index contributed by atoms with van der Waals surface area (Å²) in [6.45, 7) is 9.39. The van der Waals surface area contributed by atoms with E-state index in [1.54, 1.807) is 0 Å². The second-order valence-corrected chi connectivity index (χ2v) is 6.94. The lowest BCUT2D eigenvalue weighted by atomic mass is 9.64. The molecule has 1 heterocycles. The molecule has 1 aliphatic heterocycles. The predicted octanol–water partition coefficient (Wildman–Crippen LogP) is 4.54. The second-order valence-electron chi connectivity index (χ2n) is 6.94. The zero-order chi connectivity index (χ0) is 16.6. The standard InChI is InChI=1S/C20H26O3/c1-5-18(21)23-17-9-7-6-8-15(17)20-19-13(3)10-12(2)16(11-22-20)14(19)4/h6-10,12,14,16,19-20H,5,11H2,1-4H3. The van der Waals surface area contributed by atoms with Crippen LogP contribution in [0.1, 0.15) is 45.8 Å². The van der Waals surface area contributed by atoms with Gasteiger partial charge in [0.25, 0.3) is 0 Å². The molecule has 3 heteroatoms. The van der Waals surface area contributed by atoms with Crippen LogP contribution < -0.4 is 4.74 Å². The van der Waals surface area contributed by atoms with E-state index in [1.165, 1.54) is 5.57 Å². The summed E-state index contributed by atoms with van der Waals surface area (Å²) in [7, 11) is 0. The molecule has 3 nitrogen and oxygen atoms in total. The minimum Gasteiger partial charge on any atom is -0.426 e. The molecular formula is C20H26O3. The van der Waals surface area contributed by atoms with Gasteiger partial charge in [0.2, 0.25) is 0 Å². The number of ether oxygens (including phenoxy) is 2. The van der Waals surface area contributed by atoms with Gasteiger partial charge in [-0.1, -0.05) is 50.6 Å². The van der Waals surface area contributed by atoms with E-state index < -0.39 is 0 Å². The summed E-state index contributed by atoms with van der Waals surface area (Å²) < 4.78 is 11.8. The number of carbonyl (C=O) groups is 1. The van der Waals surface area contributed by atoms with Gasteiger partial charge < -0.3 is 9.47 Å². The largest absolute Gasteiger partial charge is 0.426 e. The topological polar surface area (TPSA) is 35.5 Å². The maximum atomic E-state index is 11.7. The van der Waals surface area contributed by atoms with Gasteiger partial charge in [0.05, 0.1) is 12.7 Å². The minimum atomic E-state index is -0.205. The van der Waals surface area contributed by atoms with Crippen LogP contribution in [0.3, 0.4) is 0 Å². The van der Waals surface area contributed by atoms with E-state index in [-0.39, 0.29) is 12.1 Å². The molecule has 5 atom stereocenters. The molecule has 3 rings (SSSR count). The van der Waals surface area contributed by atoms with Crippen molar-refractivity contribution >= 4 is 5.97 Å². The first-order chi connectivity index (χ1) is 11.0. The lowest BCUT2D eigenvalue weighted by Crippen LogP contribution is -2.42. The summed E-state index contributed by atoms with van der Waals surface area (Å²) in [6.07, 6.45) is 2.73. The molecule has 2 bridgehead atoms. The van der Waals surface area contributed by atoms with Crippen LogP contribution in [0.4, 0.5) is 0 Å². The Morgan fingerprint density at radius 3 is 2.78 bits per heavy atom. The lowest BCUT2D eigenvalue weighted by Gasteiger charge is -2.47. The predicted molar refractivity (Wildman–Crippen MR) is 90.1 cm³/mol. The highest BCUT2D eigenvalue weighted by atomic mass is 16.5. The second kappa shape index (κ2) is 6.48. The van der Waals surface area contributed by atoms with Gasteiger partial charge in [-0.05, 0) is 30.7 Å². The number of hydrogen-bond acceptors (Lipinski definition) is 3. The van der Waals surface area contributed by atoms with Gasteiger partial charge in [-0.3, -0.25) is 4.79 Å². The smallest absolute Gasteiger partial charge is 0.310 e. The molecule has 5 unspecified atom stereocenters. The summed E-state index contributed by atoms with van der Waals surface area (Å²) in [5.41, 5.74) is 2.38. The van der Waals surface area contributed by atoms with Gasteiger partial charge in [-0.25, -0.2) is 0 Å². The van der Waals surface area contributed by atoms with Crippen molar-refractivity contribution < 1.29 is 14.3 Å². The van der Waals surface area contributed by atoms with Gasteiger partial charge in [-0.15, -0.1) is 0 Å². The number of para-hydroxylation sites is 1. The summed E-state index contributed by atoms with van der Waals surface area (Å²) in [5.74, 6) is 2.50. The lowest BCUT2D eigenvalue weighted by molar-refractivity contribution is -0.134. The molecule has 2 aliphatic rings. The van der Waals surface area contributed by atoms with Gasteiger partial charge in [0.15, 0.2) is 0 Å². The Morgan fingerprint density at radius 1 is 1.30 bits per heavy atom. The van der Waals surface area contributed by atoms with Gasteiger partial charge in [0, 0.05) is 17.9 Å². The quantitative estimate of drug-likeness (QED) is 0.467. The Hall–Kier alpha value is -1.61. The monoisotopic (exact) mass is 314 g/mol. The van der Waals surface area contributed by atoms with Crippen molar-refractivity contribution in [2.45, 2.75) is 40.2 Å². The van der Waals surface area contributed by atoms with Crippen molar-refractivity contribution in [1.82, 2.24) is 0 Å². The average Bonchev–Trinajstić information content (AvgIpc) is 2.53. The Kier molecular flexibility index (Phi) is 4.58. The van der Waals surface area contributed by atoms with E-state index in [9.17, 15) is 4.79 Å². The highest BCUT2D eigenvalue weighted by Gasteiger charge is 2.44. The highest BCUT2D eigenvalue weighted by Crippen LogP contribution is 2.50. The van der Waals surface area contributed by atoms with E-state index in [0.29, 0.717) is 35.8 Å². The van der Waals surface area contributed by atoms with E-state index >= 15 is 0 Å². The normalized spacial score (nSPS) is 33.0. The third kappa shape index (κ3) is 2.94. The fraction of sp³-hybridized carbons (Fsp3) is 0.550. The fourth-order valence-corrected chi connectivity index (χ4v) is 4.23. The number of rotatable bonds is 3. The summed E-state index contributed by atoms with van der Waals surface area (Å²) in [5, 5.41) is 0. The maximum Gasteiger partial charge on any atom is 0.310 e. The number of fused-ring (bicyclic) bond motifs is 2. The number of carbonyl (C=O) groups excluding carboxylic acids is 1. The van der Waals surface area contributed by atoms with Gasteiger partial charge in [-0.2, -0.15) is 0 Å². The van der Waals surface area contributed by atoms with Crippen LogP contribution in [0.15, 0.2) is 35.9 Å². The number of esters is 1. The SMILES string of the molecule is CCC(=O)Oc1ccccc1C1OCC2C(C)C=C(C)C1C2C. The van der Waals surface area contributed by atoms with Crippen molar-refractivity contribution in [2.24, 2.45) is 23.7 Å². The first kappa shape index (κ1) is 16.3. The van der Waals surface area contributed by atoms with Crippen molar-refractivity contribution in [3.63, 3.8) is 0 Å². The van der Waals surface area contributed by atoms with Crippen molar-refractivity contribution in [2.75, 3.05) is 6.61 Å². The Bertz CT molecular complexity index is 619. The van der Waals surface area contributed by atoms with Crippen LogP contribution in [-0.2, 0) is 9.53 Å². The Balaban J connectivity index is 1.96. The van der Waals surface area contributed by atoms with Crippen LogP contribution in [-0.4, -0.2) is 12.6 Å². The molecule has 23 heavy (non-hydrogen) atoms. The molecular weight excluding hydrogens is 288 g/mol. The summed E-state index contributed by atoms with van der Waals surface area (Å²) in [4.78, 5) is 11.7. The molecule has 124 valence electrons. The third-order valence-electron chi connectivity index (χ3n) is 5.50. The zero-order valence-electron chi connectivity index (χ0n) is 14.4. The van der Waals surface area contributed by atoms with Crippen molar-refractivity contribution in [1.29, 1.82) is 0 Å². The molecule has 1 aromatic carbocycles. The van der Waals surface area contributed by atoms with Crippen LogP contribution in [0.2, 0.25) is 0 Å². The molecule has 0 amide bonds. The molecule has 0 aromatic heterocycles. The number of hydrogen-bond donors (Lipinski definition) is 0. The molecule has 0 radical (unpaired) electrons. The molecule has 0 N–H and O–H groups in total. The van der Waals surface area contributed by atoms with Crippen LogP contribution >= 0.6 is 0 Å². The molecule has 1 aliphatic carbocycles. The van der Waals surface area contributed by atoms with E-state index in [4.69, 9.17) is 9.47 Å². The average molecular weight is 314 g/mol. The van der Waals surface area contributed by atoms with Gasteiger partial charge in [0.1, 0.15) is 5.75 Å². The third-order valence-corrected chi connectivity index (χ3v) is 5.50. The van der Waals surface area contributed by atoms with Crippen molar-refractivity contribution in [3.05, 3.63) is 41.5 Å². The molecule has 1 saturated heterocycles.